The highest BCUT2D eigenvalue weighted by Gasteiger charge is 2.32. The Balaban J connectivity index is 1.65. The maximum Gasteiger partial charge on any atom is 0.317 e. The first kappa shape index (κ1) is 16.4. The van der Waals surface area contributed by atoms with E-state index in [-0.39, 0.29) is 30.1 Å². The zero-order valence-corrected chi connectivity index (χ0v) is 14.1. The molecule has 0 aromatic carbocycles. The van der Waals surface area contributed by atoms with Gasteiger partial charge in [-0.15, -0.1) is 0 Å². The Bertz CT molecular complexity index is 819. The van der Waals surface area contributed by atoms with Crippen LogP contribution >= 0.6 is 0 Å². The smallest absolute Gasteiger partial charge is 0.317 e. The second kappa shape index (κ2) is 6.60. The Labute approximate surface area is 140 Å². The fraction of sp³-hybridized carbons (Fsp3) is 0.400. The van der Waals surface area contributed by atoms with Gasteiger partial charge in [0, 0.05) is 43.8 Å². The van der Waals surface area contributed by atoms with E-state index in [1.54, 1.807) is 42.5 Å². The van der Waals surface area contributed by atoms with Crippen LogP contribution in [0.3, 0.4) is 0 Å². The zero-order valence-electron chi connectivity index (χ0n) is 13.3. The van der Waals surface area contributed by atoms with Crippen LogP contribution < -0.4 is 5.32 Å². The van der Waals surface area contributed by atoms with Crippen molar-refractivity contribution in [1.29, 1.82) is 0 Å². The Kier molecular flexibility index (Phi) is 4.52. The van der Waals surface area contributed by atoms with Gasteiger partial charge in [-0.25, -0.2) is 22.9 Å². The minimum atomic E-state index is -3.02. The van der Waals surface area contributed by atoms with Crippen LogP contribution in [0, 0.1) is 0 Å². The maximum absolute atomic E-state index is 12.3. The van der Waals surface area contributed by atoms with Crippen molar-refractivity contribution < 1.29 is 13.2 Å². The lowest BCUT2D eigenvalue weighted by molar-refractivity contribution is 0.194. The van der Waals surface area contributed by atoms with Crippen molar-refractivity contribution in [3.8, 4) is 5.82 Å². The SMILES string of the molecule is CN(C(=O)NCc1cccnc1-n1cccn1)[C@@H]1CCS(=O)(=O)C1. The molecule has 1 saturated heterocycles. The van der Waals surface area contributed by atoms with Gasteiger partial charge in [-0.2, -0.15) is 5.10 Å². The quantitative estimate of drug-likeness (QED) is 0.871. The highest BCUT2D eigenvalue weighted by Crippen LogP contribution is 2.17. The molecule has 2 amide bonds. The first-order chi connectivity index (χ1) is 11.5. The number of amides is 2. The molecular weight excluding hydrogens is 330 g/mol. The average molecular weight is 349 g/mol. The summed E-state index contributed by atoms with van der Waals surface area (Å²) < 4.78 is 24.7. The van der Waals surface area contributed by atoms with Crippen molar-refractivity contribution in [2.75, 3.05) is 18.6 Å². The van der Waals surface area contributed by atoms with Crippen molar-refractivity contribution >= 4 is 15.9 Å². The average Bonchev–Trinajstić information content (AvgIpc) is 3.21. The van der Waals surface area contributed by atoms with E-state index in [4.69, 9.17) is 0 Å². The minimum Gasteiger partial charge on any atom is -0.334 e. The molecular formula is C15H19N5O3S. The number of pyridine rings is 1. The molecule has 1 N–H and O–H groups in total. The number of carbonyl (C=O) groups is 1. The Morgan fingerprint density at radius 2 is 2.25 bits per heavy atom. The van der Waals surface area contributed by atoms with E-state index in [1.807, 2.05) is 6.07 Å². The molecule has 0 saturated carbocycles. The summed E-state index contributed by atoms with van der Waals surface area (Å²) in [5, 5.41) is 6.97. The molecule has 2 aromatic heterocycles. The van der Waals surface area contributed by atoms with Gasteiger partial charge in [0.1, 0.15) is 0 Å². The van der Waals surface area contributed by atoms with Gasteiger partial charge in [0.25, 0.3) is 0 Å². The fourth-order valence-corrected chi connectivity index (χ4v) is 4.49. The summed E-state index contributed by atoms with van der Waals surface area (Å²) in [6.07, 6.45) is 5.59. The maximum atomic E-state index is 12.3. The van der Waals surface area contributed by atoms with Crippen LogP contribution in [0.5, 0.6) is 0 Å². The monoisotopic (exact) mass is 349 g/mol. The van der Waals surface area contributed by atoms with Crippen molar-refractivity contribution in [3.05, 3.63) is 42.4 Å². The summed E-state index contributed by atoms with van der Waals surface area (Å²) in [5.41, 5.74) is 0.821. The molecule has 0 radical (unpaired) electrons. The summed E-state index contributed by atoms with van der Waals surface area (Å²) in [4.78, 5) is 18.1. The summed E-state index contributed by atoms with van der Waals surface area (Å²) in [7, 11) is -1.40. The van der Waals surface area contributed by atoms with Crippen molar-refractivity contribution in [3.63, 3.8) is 0 Å². The summed E-state index contributed by atoms with van der Waals surface area (Å²) in [6.45, 7) is 0.283. The predicted molar refractivity (Wildman–Crippen MR) is 88.4 cm³/mol. The molecule has 24 heavy (non-hydrogen) atoms. The first-order valence-corrected chi connectivity index (χ1v) is 9.43. The number of aromatic nitrogens is 3. The molecule has 3 heterocycles. The van der Waals surface area contributed by atoms with E-state index in [1.165, 1.54) is 4.90 Å². The fourth-order valence-electron chi connectivity index (χ4n) is 2.71. The highest BCUT2D eigenvalue weighted by atomic mass is 32.2. The van der Waals surface area contributed by atoms with Gasteiger partial charge in [-0.05, 0) is 18.6 Å². The molecule has 128 valence electrons. The van der Waals surface area contributed by atoms with Crippen LogP contribution in [0.15, 0.2) is 36.8 Å². The largest absolute Gasteiger partial charge is 0.334 e. The molecule has 9 heteroatoms. The van der Waals surface area contributed by atoms with Crippen molar-refractivity contribution in [2.24, 2.45) is 0 Å². The van der Waals surface area contributed by atoms with E-state index in [0.717, 1.165) is 5.56 Å². The van der Waals surface area contributed by atoms with Crippen molar-refractivity contribution in [1.82, 2.24) is 25.0 Å². The van der Waals surface area contributed by atoms with E-state index in [2.05, 4.69) is 15.4 Å². The number of nitrogens with one attached hydrogen (secondary N) is 1. The molecule has 8 nitrogen and oxygen atoms in total. The molecule has 1 aliphatic rings. The second-order valence-electron chi connectivity index (χ2n) is 5.76. The van der Waals surface area contributed by atoms with E-state index in [9.17, 15) is 13.2 Å². The van der Waals surface area contributed by atoms with Crippen LogP contribution in [0.2, 0.25) is 0 Å². The minimum absolute atomic E-state index is 0.0301. The first-order valence-electron chi connectivity index (χ1n) is 7.61. The van der Waals surface area contributed by atoms with Gasteiger partial charge >= 0.3 is 6.03 Å². The Morgan fingerprint density at radius 1 is 1.42 bits per heavy atom. The topological polar surface area (TPSA) is 97.2 Å². The third-order valence-electron chi connectivity index (χ3n) is 4.10. The molecule has 0 bridgehead atoms. The molecule has 0 unspecified atom stereocenters. The van der Waals surface area contributed by atoms with Crippen LogP contribution in [0.25, 0.3) is 5.82 Å². The summed E-state index contributed by atoms with van der Waals surface area (Å²) in [5.74, 6) is 0.817. The molecule has 0 spiro atoms. The Morgan fingerprint density at radius 3 is 2.92 bits per heavy atom. The predicted octanol–water partition coefficient (Wildman–Crippen LogP) is 0.596. The number of rotatable bonds is 4. The van der Waals surface area contributed by atoms with Gasteiger partial charge in [-0.3, -0.25) is 0 Å². The Hall–Kier alpha value is -2.42. The number of nitrogens with zero attached hydrogens (tertiary/aromatic N) is 4. The van der Waals surface area contributed by atoms with Gasteiger partial charge in [0.05, 0.1) is 11.5 Å². The van der Waals surface area contributed by atoms with E-state index < -0.39 is 9.84 Å². The van der Waals surface area contributed by atoms with Crippen molar-refractivity contribution in [2.45, 2.75) is 19.0 Å². The van der Waals surface area contributed by atoms with Gasteiger partial charge in [-0.1, -0.05) is 6.07 Å². The molecule has 3 rings (SSSR count). The third kappa shape index (κ3) is 3.56. The number of sulfone groups is 1. The molecule has 0 aliphatic carbocycles. The number of hydrogen-bond donors (Lipinski definition) is 1. The molecule has 2 aromatic rings. The van der Waals surface area contributed by atoms with Crippen LogP contribution in [0.4, 0.5) is 4.79 Å². The van der Waals surface area contributed by atoms with Crippen LogP contribution in [-0.2, 0) is 16.4 Å². The molecule has 1 aliphatic heterocycles. The standard InChI is InChI=1S/C15H19N5O3S/c1-19(13-5-9-24(22,23)11-13)15(21)17-10-12-4-2-6-16-14(12)20-8-3-7-18-20/h2-4,6-8,13H,5,9-11H2,1H3,(H,17,21)/t13-/m1/s1. The number of urea groups is 1. The number of hydrogen-bond acceptors (Lipinski definition) is 5. The summed E-state index contributed by atoms with van der Waals surface area (Å²) in [6, 6.07) is 4.89. The second-order valence-corrected chi connectivity index (χ2v) is 7.99. The number of carbonyl (C=O) groups excluding carboxylic acids is 1. The lowest BCUT2D eigenvalue weighted by atomic mass is 10.2. The summed E-state index contributed by atoms with van der Waals surface area (Å²) >= 11 is 0. The lowest BCUT2D eigenvalue weighted by Gasteiger charge is -2.23. The lowest BCUT2D eigenvalue weighted by Crippen LogP contribution is -2.44. The van der Waals surface area contributed by atoms with Crippen LogP contribution in [0.1, 0.15) is 12.0 Å². The van der Waals surface area contributed by atoms with Gasteiger partial charge in [0.15, 0.2) is 15.7 Å². The van der Waals surface area contributed by atoms with E-state index in [0.29, 0.717) is 12.2 Å². The normalized spacial score (nSPS) is 19.1. The van der Waals surface area contributed by atoms with E-state index >= 15 is 0 Å². The molecule has 1 fully saturated rings. The van der Waals surface area contributed by atoms with Gasteiger partial charge in [0.2, 0.25) is 0 Å². The molecule has 1 atom stereocenters. The van der Waals surface area contributed by atoms with Gasteiger partial charge < -0.3 is 10.2 Å². The zero-order chi connectivity index (χ0) is 17.2. The van der Waals surface area contributed by atoms with Crippen LogP contribution in [-0.4, -0.2) is 58.7 Å². The third-order valence-corrected chi connectivity index (χ3v) is 5.85. The highest BCUT2D eigenvalue weighted by molar-refractivity contribution is 7.91.